The van der Waals surface area contributed by atoms with Crippen molar-refractivity contribution in [3.05, 3.63) is 217 Å². The Bertz CT molecular complexity index is 3110. The van der Waals surface area contributed by atoms with Gasteiger partial charge in [-0.25, -0.2) is 4.98 Å². The number of nitrogens with zero attached hydrogens (tertiary/aromatic N) is 2. The summed E-state index contributed by atoms with van der Waals surface area (Å²) >= 11 is 0. The lowest BCUT2D eigenvalue weighted by Crippen LogP contribution is -2.14. The topological polar surface area (TPSA) is 17.8 Å². The molecule has 2 aromatic heterocycles. The van der Waals surface area contributed by atoms with E-state index in [0.29, 0.717) is 0 Å². The molecule has 0 spiro atoms. The van der Waals surface area contributed by atoms with Gasteiger partial charge in [0.1, 0.15) is 0 Å². The summed E-state index contributed by atoms with van der Waals surface area (Å²) in [6.45, 7) is 4.71. The van der Waals surface area contributed by atoms with E-state index in [0.717, 1.165) is 39.3 Å². The number of pyridine rings is 1. The second-order valence-corrected chi connectivity index (χ2v) is 16.0. The highest BCUT2D eigenvalue weighted by Gasteiger charge is 2.35. The largest absolute Gasteiger partial charge is 0.309 e. The zero-order valence-corrected chi connectivity index (χ0v) is 32.5. The van der Waals surface area contributed by atoms with Crippen LogP contribution >= 0.6 is 0 Å². The van der Waals surface area contributed by atoms with Gasteiger partial charge in [0.2, 0.25) is 0 Å². The van der Waals surface area contributed by atoms with Gasteiger partial charge in [-0.2, -0.15) is 0 Å². The van der Waals surface area contributed by atoms with Crippen molar-refractivity contribution in [3.8, 4) is 72.7 Å². The van der Waals surface area contributed by atoms with E-state index in [1.165, 1.54) is 66.3 Å². The highest BCUT2D eigenvalue weighted by atomic mass is 15.0. The molecule has 0 aliphatic heterocycles. The normalized spacial score (nSPS) is 12.8. The summed E-state index contributed by atoms with van der Waals surface area (Å²) in [4.78, 5) is 5.11. The van der Waals surface area contributed by atoms with Crippen molar-refractivity contribution in [3.63, 3.8) is 0 Å². The molecule has 0 atom stereocenters. The third-order valence-corrected chi connectivity index (χ3v) is 12.2. The van der Waals surface area contributed by atoms with Crippen LogP contribution in [0.15, 0.2) is 206 Å². The summed E-state index contributed by atoms with van der Waals surface area (Å²) in [5.41, 5.74) is 20.3. The van der Waals surface area contributed by atoms with E-state index in [1.807, 2.05) is 0 Å². The van der Waals surface area contributed by atoms with Crippen LogP contribution < -0.4 is 0 Å². The van der Waals surface area contributed by atoms with E-state index in [9.17, 15) is 0 Å². The monoisotopic (exact) mass is 740 g/mol. The van der Waals surface area contributed by atoms with Crippen molar-refractivity contribution in [2.24, 2.45) is 0 Å². The van der Waals surface area contributed by atoms with Gasteiger partial charge in [-0.3, -0.25) is 0 Å². The second kappa shape index (κ2) is 13.4. The average molecular weight is 741 g/mol. The minimum atomic E-state index is -0.0575. The fourth-order valence-electron chi connectivity index (χ4n) is 9.29. The maximum absolute atomic E-state index is 5.11. The van der Waals surface area contributed by atoms with Crippen LogP contribution in [0.3, 0.4) is 0 Å². The second-order valence-electron chi connectivity index (χ2n) is 16.0. The van der Waals surface area contributed by atoms with Gasteiger partial charge in [0.15, 0.2) is 0 Å². The fraction of sp³-hybridized carbons (Fsp3) is 0.0536. The molecule has 10 aromatic rings. The minimum Gasteiger partial charge on any atom is -0.309 e. The summed E-state index contributed by atoms with van der Waals surface area (Å²) in [7, 11) is 0. The van der Waals surface area contributed by atoms with E-state index in [4.69, 9.17) is 4.98 Å². The standard InChI is InChI=1S/C56H40N2/c1-56(2)50-23-13-11-21-46(50)47-31-27-40(33-51(47)56)44-19-9-10-20-45(44)41-28-32-49-48-22-12-14-24-54(48)58(55(49)36-41)43-29-25-37(26-30-43)42-34-52(38-15-5-3-6-16-38)57-53(35-42)39-17-7-4-8-18-39/h3-36H,1-2H3. The Hall–Kier alpha value is -7.29. The lowest BCUT2D eigenvalue weighted by molar-refractivity contribution is 0.660. The van der Waals surface area contributed by atoms with E-state index < -0.39 is 0 Å². The molecule has 0 fully saturated rings. The molecule has 0 N–H and O–H groups in total. The van der Waals surface area contributed by atoms with E-state index in [2.05, 4.69) is 225 Å². The molecule has 0 saturated heterocycles. The summed E-state index contributed by atoms with van der Waals surface area (Å²) in [6, 6.07) is 74.9. The quantitative estimate of drug-likeness (QED) is 0.166. The van der Waals surface area contributed by atoms with Gasteiger partial charge >= 0.3 is 0 Å². The zero-order chi connectivity index (χ0) is 38.8. The number of aromatic nitrogens is 2. The lowest BCUT2D eigenvalue weighted by atomic mass is 9.81. The highest BCUT2D eigenvalue weighted by Crippen LogP contribution is 2.50. The first kappa shape index (κ1) is 34.0. The van der Waals surface area contributed by atoms with E-state index in [-0.39, 0.29) is 5.41 Å². The number of benzene rings is 8. The summed E-state index contributed by atoms with van der Waals surface area (Å²) < 4.78 is 2.42. The number of rotatable bonds is 6. The molecule has 1 aliphatic rings. The van der Waals surface area contributed by atoms with Crippen molar-refractivity contribution in [2.45, 2.75) is 19.3 Å². The van der Waals surface area contributed by atoms with Gasteiger partial charge in [-0.05, 0) is 98.1 Å². The Morgan fingerprint density at radius 2 is 0.862 bits per heavy atom. The molecule has 0 radical (unpaired) electrons. The Labute approximate surface area is 339 Å². The molecule has 1 aliphatic carbocycles. The third-order valence-electron chi connectivity index (χ3n) is 12.2. The SMILES string of the molecule is CC1(C)c2ccccc2-c2ccc(-c3ccccc3-c3ccc4c5ccccc5n(-c5ccc(-c6cc(-c7ccccc7)nc(-c7ccccc7)c6)cc5)c4c3)cc21. The molecular formula is C56H40N2. The number of hydrogen-bond acceptors (Lipinski definition) is 1. The van der Waals surface area contributed by atoms with Crippen LogP contribution in [0.4, 0.5) is 0 Å². The van der Waals surface area contributed by atoms with Gasteiger partial charge in [-0.1, -0.05) is 178 Å². The predicted octanol–water partition coefficient (Wildman–Crippen LogP) is 14.8. The zero-order valence-electron chi connectivity index (χ0n) is 32.5. The number of hydrogen-bond donors (Lipinski definition) is 0. The number of para-hydroxylation sites is 1. The first-order valence-corrected chi connectivity index (χ1v) is 20.1. The van der Waals surface area contributed by atoms with Crippen LogP contribution in [0, 0.1) is 0 Å². The maximum atomic E-state index is 5.11. The van der Waals surface area contributed by atoms with Crippen LogP contribution in [0.5, 0.6) is 0 Å². The van der Waals surface area contributed by atoms with Gasteiger partial charge in [0.05, 0.1) is 22.4 Å². The van der Waals surface area contributed by atoms with Crippen LogP contribution in [0.2, 0.25) is 0 Å². The Kier molecular flexibility index (Phi) is 7.87. The maximum Gasteiger partial charge on any atom is 0.0715 e. The van der Waals surface area contributed by atoms with Crippen molar-refractivity contribution in [1.82, 2.24) is 9.55 Å². The van der Waals surface area contributed by atoms with E-state index in [1.54, 1.807) is 0 Å². The van der Waals surface area contributed by atoms with Crippen molar-refractivity contribution in [2.75, 3.05) is 0 Å². The molecule has 58 heavy (non-hydrogen) atoms. The smallest absolute Gasteiger partial charge is 0.0715 e. The highest BCUT2D eigenvalue weighted by molar-refractivity contribution is 6.10. The molecule has 2 nitrogen and oxygen atoms in total. The van der Waals surface area contributed by atoms with Gasteiger partial charge < -0.3 is 4.57 Å². The van der Waals surface area contributed by atoms with Gasteiger partial charge in [-0.15, -0.1) is 0 Å². The molecule has 0 amide bonds. The molecular weight excluding hydrogens is 701 g/mol. The lowest BCUT2D eigenvalue weighted by Gasteiger charge is -2.22. The van der Waals surface area contributed by atoms with Crippen molar-refractivity contribution in [1.29, 1.82) is 0 Å². The average Bonchev–Trinajstić information content (AvgIpc) is 3.74. The minimum absolute atomic E-state index is 0.0575. The Morgan fingerprint density at radius 1 is 0.345 bits per heavy atom. The predicted molar refractivity (Wildman–Crippen MR) is 243 cm³/mol. The Balaban J connectivity index is 1.02. The van der Waals surface area contributed by atoms with Gasteiger partial charge in [0, 0.05) is 33.0 Å². The van der Waals surface area contributed by atoms with Gasteiger partial charge in [0.25, 0.3) is 0 Å². The first-order chi connectivity index (χ1) is 28.5. The molecule has 11 rings (SSSR count). The molecule has 274 valence electrons. The van der Waals surface area contributed by atoms with Crippen LogP contribution in [0.25, 0.3) is 94.5 Å². The van der Waals surface area contributed by atoms with Crippen LogP contribution in [-0.4, -0.2) is 9.55 Å². The van der Waals surface area contributed by atoms with Crippen molar-refractivity contribution < 1.29 is 0 Å². The molecule has 0 unspecified atom stereocenters. The molecule has 8 aromatic carbocycles. The number of fused-ring (bicyclic) bond motifs is 6. The summed E-state index contributed by atoms with van der Waals surface area (Å²) in [6.07, 6.45) is 0. The molecule has 0 bridgehead atoms. The summed E-state index contributed by atoms with van der Waals surface area (Å²) in [5, 5.41) is 2.49. The van der Waals surface area contributed by atoms with E-state index >= 15 is 0 Å². The van der Waals surface area contributed by atoms with Crippen LogP contribution in [0.1, 0.15) is 25.0 Å². The van der Waals surface area contributed by atoms with Crippen molar-refractivity contribution >= 4 is 21.8 Å². The fourth-order valence-corrected chi connectivity index (χ4v) is 9.29. The molecule has 2 heteroatoms. The summed E-state index contributed by atoms with van der Waals surface area (Å²) in [5.74, 6) is 0. The first-order valence-electron chi connectivity index (χ1n) is 20.1. The third kappa shape index (κ3) is 5.52. The van der Waals surface area contributed by atoms with Crippen LogP contribution in [-0.2, 0) is 5.41 Å². The molecule has 2 heterocycles. The Morgan fingerprint density at radius 3 is 1.55 bits per heavy atom. The molecule has 0 saturated carbocycles.